The zero-order valence-corrected chi connectivity index (χ0v) is 15.6. The second kappa shape index (κ2) is 7.92. The molecule has 1 atom stereocenters. The quantitative estimate of drug-likeness (QED) is 0.819. The van der Waals surface area contributed by atoms with Crippen molar-refractivity contribution < 1.29 is 13.2 Å². The van der Waals surface area contributed by atoms with Gasteiger partial charge in [0.15, 0.2) is 0 Å². The van der Waals surface area contributed by atoms with Crippen LogP contribution in [0.3, 0.4) is 0 Å². The number of likely N-dealkylation sites (N-methyl/N-ethyl adjacent to an activating group) is 1. The summed E-state index contributed by atoms with van der Waals surface area (Å²) < 4.78 is 27.6. The Morgan fingerprint density at radius 3 is 2.38 bits per heavy atom. The molecule has 0 saturated carbocycles. The lowest BCUT2D eigenvalue weighted by Gasteiger charge is -2.26. The maximum Gasteiger partial charge on any atom is 0.241 e. The van der Waals surface area contributed by atoms with Crippen molar-refractivity contribution in [1.29, 1.82) is 0 Å². The third kappa shape index (κ3) is 4.66. The molecule has 2 rings (SSSR count). The van der Waals surface area contributed by atoms with Crippen LogP contribution in [0.4, 0.5) is 0 Å². The molecule has 0 spiro atoms. The van der Waals surface area contributed by atoms with Gasteiger partial charge in [-0.2, -0.15) is 4.72 Å². The molecule has 0 aliphatic heterocycles. The lowest BCUT2D eigenvalue weighted by Crippen LogP contribution is -2.49. The molecular weight excluding hydrogens is 344 g/mol. The van der Waals surface area contributed by atoms with Crippen molar-refractivity contribution in [3.05, 3.63) is 52.7 Å². The van der Waals surface area contributed by atoms with Crippen molar-refractivity contribution in [1.82, 2.24) is 9.62 Å². The van der Waals surface area contributed by atoms with Crippen molar-refractivity contribution in [2.45, 2.75) is 31.3 Å². The molecule has 0 bridgehead atoms. The topological polar surface area (TPSA) is 66.5 Å². The molecule has 130 valence electrons. The molecule has 0 unspecified atom stereocenters. The summed E-state index contributed by atoms with van der Waals surface area (Å²) in [5, 5.41) is 1.95. The normalized spacial score (nSPS) is 13.0. The Labute approximate surface area is 147 Å². The number of thiophene rings is 1. The summed E-state index contributed by atoms with van der Waals surface area (Å²) in [5.41, 5.74) is 0. The van der Waals surface area contributed by atoms with E-state index in [1.54, 1.807) is 41.5 Å². The van der Waals surface area contributed by atoms with Crippen LogP contribution in [-0.2, 0) is 21.4 Å². The Morgan fingerprint density at radius 1 is 1.17 bits per heavy atom. The van der Waals surface area contributed by atoms with E-state index in [4.69, 9.17) is 0 Å². The molecule has 0 saturated heterocycles. The first-order chi connectivity index (χ1) is 11.3. The molecule has 24 heavy (non-hydrogen) atoms. The molecule has 1 amide bonds. The Balaban J connectivity index is 2.15. The van der Waals surface area contributed by atoms with Crippen molar-refractivity contribution in [3.8, 4) is 0 Å². The van der Waals surface area contributed by atoms with Crippen LogP contribution < -0.4 is 4.72 Å². The van der Waals surface area contributed by atoms with E-state index in [0.717, 1.165) is 4.88 Å². The Bertz CT molecular complexity index is 756. The van der Waals surface area contributed by atoms with Crippen LogP contribution in [0, 0.1) is 5.92 Å². The molecular formula is C17H22N2O3S2. The molecule has 1 aromatic carbocycles. The number of hydrogen-bond donors (Lipinski definition) is 1. The summed E-state index contributed by atoms with van der Waals surface area (Å²) in [6.07, 6.45) is 0. The number of nitrogens with zero attached hydrogens (tertiary/aromatic N) is 1. The van der Waals surface area contributed by atoms with Gasteiger partial charge in [-0.1, -0.05) is 38.1 Å². The summed E-state index contributed by atoms with van der Waals surface area (Å²) in [4.78, 5) is 15.5. The number of benzene rings is 1. The molecule has 2 aromatic rings. The average Bonchev–Trinajstić information content (AvgIpc) is 3.05. The standard InChI is InChI=1S/C17H22N2O3S2/c1-13(2)16(17(20)19(3)12-14-8-7-11-23-14)18-24(21,22)15-9-5-4-6-10-15/h4-11,13,16,18H,12H2,1-3H3/t16-/m0/s1. The maximum atomic E-state index is 12.7. The highest BCUT2D eigenvalue weighted by molar-refractivity contribution is 7.89. The highest BCUT2D eigenvalue weighted by atomic mass is 32.2. The van der Waals surface area contributed by atoms with E-state index in [1.165, 1.54) is 12.1 Å². The first-order valence-corrected chi connectivity index (χ1v) is 10.0. The van der Waals surface area contributed by atoms with Crippen molar-refractivity contribution in [2.75, 3.05) is 7.05 Å². The zero-order chi connectivity index (χ0) is 17.7. The molecule has 7 heteroatoms. The SMILES string of the molecule is CC(C)[C@H](NS(=O)(=O)c1ccccc1)C(=O)N(C)Cc1cccs1. The zero-order valence-electron chi connectivity index (χ0n) is 14.0. The number of nitrogens with one attached hydrogen (secondary N) is 1. The van der Waals surface area contributed by atoms with Gasteiger partial charge < -0.3 is 4.90 Å². The lowest BCUT2D eigenvalue weighted by molar-refractivity contribution is -0.133. The van der Waals surface area contributed by atoms with E-state index in [1.807, 2.05) is 31.4 Å². The summed E-state index contributed by atoms with van der Waals surface area (Å²) in [6.45, 7) is 4.12. The second-order valence-corrected chi connectivity index (χ2v) is 8.68. The molecule has 1 N–H and O–H groups in total. The summed E-state index contributed by atoms with van der Waals surface area (Å²) in [5.74, 6) is -0.403. The van der Waals surface area contributed by atoms with E-state index < -0.39 is 16.1 Å². The minimum absolute atomic E-state index is 0.157. The fourth-order valence-electron chi connectivity index (χ4n) is 2.26. The van der Waals surface area contributed by atoms with Gasteiger partial charge >= 0.3 is 0 Å². The summed E-state index contributed by atoms with van der Waals surface area (Å²) in [6, 6.07) is 11.2. The number of rotatable bonds is 7. The predicted molar refractivity (Wildman–Crippen MR) is 96.2 cm³/mol. The smallest absolute Gasteiger partial charge is 0.241 e. The third-order valence-corrected chi connectivity index (χ3v) is 5.94. The van der Waals surface area contributed by atoms with Crippen LogP contribution in [0.5, 0.6) is 0 Å². The molecule has 5 nitrogen and oxygen atoms in total. The Kier molecular flexibility index (Phi) is 6.15. The summed E-state index contributed by atoms with van der Waals surface area (Å²) in [7, 11) is -2.05. The Morgan fingerprint density at radius 2 is 1.83 bits per heavy atom. The third-order valence-electron chi connectivity index (χ3n) is 3.62. The van der Waals surface area contributed by atoms with Gasteiger partial charge in [0.2, 0.25) is 15.9 Å². The van der Waals surface area contributed by atoms with Crippen LogP contribution in [-0.4, -0.2) is 32.3 Å². The molecule has 1 heterocycles. The van der Waals surface area contributed by atoms with Gasteiger partial charge in [-0.15, -0.1) is 11.3 Å². The largest absolute Gasteiger partial charge is 0.339 e. The predicted octanol–water partition coefficient (Wildman–Crippen LogP) is 2.71. The van der Waals surface area contributed by atoms with E-state index in [0.29, 0.717) is 6.54 Å². The van der Waals surface area contributed by atoms with Gasteiger partial charge in [0.25, 0.3) is 0 Å². The highest BCUT2D eigenvalue weighted by Gasteiger charge is 2.30. The molecule has 0 fully saturated rings. The Hall–Kier alpha value is -1.70. The van der Waals surface area contributed by atoms with Gasteiger partial charge in [0, 0.05) is 11.9 Å². The summed E-state index contributed by atoms with van der Waals surface area (Å²) >= 11 is 1.57. The first kappa shape index (κ1) is 18.6. The van der Waals surface area contributed by atoms with Crippen LogP contribution >= 0.6 is 11.3 Å². The second-order valence-electron chi connectivity index (χ2n) is 5.93. The fraction of sp³-hybridized carbons (Fsp3) is 0.353. The fourth-order valence-corrected chi connectivity index (χ4v) is 4.37. The van der Waals surface area contributed by atoms with Crippen molar-refractivity contribution in [2.24, 2.45) is 5.92 Å². The van der Waals surface area contributed by atoms with E-state index >= 15 is 0 Å². The monoisotopic (exact) mass is 366 g/mol. The number of amides is 1. The van der Waals surface area contributed by atoms with Gasteiger partial charge in [0.1, 0.15) is 6.04 Å². The number of carbonyl (C=O) groups excluding carboxylic acids is 1. The van der Waals surface area contributed by atoms with E-state index in [-0.39, 0.29) is 16.7 Å². The van der Waals surface area contributed by atoms with E-state index in [9.17, 15) is 13.2 Å². The van der Waals surface area contributed by atoms with Crippen LogP contribution in [0.25, 0.3) is 0 Å². The molecule has 0 aliphatic carbocycles. The average molecular weight is 367 g/mol. The molecule has 0 aliphatic rings. The first-order valence-electron chi connectivity index (χ1n) is 7.66. The van der Waals surface area contributed by atoms with Gasteiger partial charge in [-0.25, -0.2) is 8.42 Å². The van der Waals surface area contributed by atoms with Gasteiger partial charge in [-0.3, -0.25) is 4.79 Å². The van der Waals surface area contributed by atoms with Gasteiger partial charge in [0.05, 0.1) is 11.4 Å². The van der Waals surface area contributed by atoms with Crippen molar-refractivity contribution in [3.63, 3.8) is 0 Å². The number of hydrogen-bond acceptors (Lipinski definition) is 4. The minimum atomic E-state index is -3.74. The number of carbonyl (C=O) groups is 1. The van der Waals surface area contributed by atoms with Crippen LogP contribution in [0.2, 0.25) is 0 Å². The van der Waals surface area contributed by atoms with E-state index in [2.05, 4.69) is 4.72 Å². The van der Waals surface area contributed by atoms with Crippen molar-refractivity contribution >= 4 is 27.3 Å². The molecule has 1 aromatic heterocycles. The number of sulfonamides is 1. The van der Waals surface area contributed by atoms with Gasteiger partial charge in [-0.05, 0) is 29.5 Å². The highest BCUT2D eigenvalue weighted by Crippen LogP contribution is 2.16. The molecule has 0 radical (unpaired) electrons. The van der Waals surface area contributed by atoms with Crippen LogP contribution in [0.15, 0.2) is 52.7 Å². The minimum Gasteiger partial charge on any atom is -0.339 e. The van der Waals surface area contributed by atoms with Crippen LogP contribution in [0.1, 0.15) is 18.7 Å². The maximum absolute atomic E-state index is 12.7. The lowest BCUT2D eigenvalue weighted by atomic mass is 10.0.